The minimum atomic E-state index is -0.809. The van der Waals surface area contributed by atoms with Crippen molar-refractivity contribution in [3.63, 3.8) is 0 Å². The first-order chi connectivity index (χ1) is 6.64. The van der Waals surface area contributed by atoms with Crippen LogP contribution in [0.5, 0.6) is 0 Å². The average molecular weight is 214 g/mol. The Balaban J connectivity index is 2.01. The summed E-state index contributed by atoms with van der Waals surface area (Å²) in [6, 6.07) is 0. The smallest absolute Gasteiger partial charge is 0.407 e. The zero-order chi connectivity index (χ0) is 10.2. The third kappa shape index (κ3) is 1.45. The Morgan fingerprint density at radius 2 is 2.07 bits per heavy atom. The molecule has 2 fully saturated rings. The fraction of sp³-hybridized carbons (Fsp3) is 0.778. The first-order valence-corrected chi connectivity index (χ1v) is 5.31. The summed E-state index contributed by atoms with van der Waals surface area (Å²) in [6.07, 6.45) is 2.02. The molecule has 2 saturated heterocycles. The van der Waals surface area contributed by atoms with Crippen LogP contribution in [0.15, 0.2) is 0 Å². The fourth-order valence-corrected chi connectivity index (χ4v) is 2.73. The first kappa shape index (κ1) is 9.71. The number of hydrogen-bond acceptors (Lipinski definition) is 2. The maximum atomic E-state index is 10.7. The van der Waals surface area contributed by atoms with Crippen molar-refractivity contribution in [1.82, 2.24) is 10.2 Å². The highest BCUT2D eigenvalue weighted by molar-refractivity contribution is 7.80. The van der Waals surface area contributed by atoms with Crippen molar-refractivity contribution < 1.29 is 9.90 Å². The number of nitrogens with one attached hydrogen (secondary N) is 1. The summed E-state index contributed by atoms with van der Waals surface area (Å²) >= 11 is 5.28. The Hall–Kier alpha value is -0.840. The van der Waals surface area contributed by atoms with Crippen LogP contribution in [-0.4, -0.2) is 40.7 Å². The van der Waals surface area contributed by atoms with Gasteiger partial charge in [-0.05, 0) is 19.3 Å². The van der Waals surface area contributed by atoms with Gasteiger partial charge in [-0.25, -0.2) is 4.79 Å². The zero-order valence-corrected chi connectivity index (χ0v) is 8.77. The van der Waals surface area contributed by atoms with Gasteiger partial charge in [0.1, 0.15) is 0 Å². The summed E-state index contributed by atoms with van der Waals surface area (Å²) in [5.74, 6) is 0. The number of piperidine rings is 1. The van der Waals surface area contributed by atoms with Crippen LogP contribution in [0.4, 0.5) is 4.79 Å². The molecule has 0 unspecified atom stereocenters. The quantitative estimate of drug-likeness (QED) is 0.592. The second-order valence-electron chi connectivity index (χ2n) is 4.06. The lowest BCUT2D eigenvalue weighted by Gasteiger charge is -2.37. The van der Waals surface area contributed by atoms with Gasteiger partial charge < -0.3 is 15.3 Å². The first-order valence-electron chi connectivity index (χ1n) is 4.90. The Kier molecular flexibility index (Phi) is 2.34. The maximum absolute atomic E-state index is 10.7. The highest BCUT2D eigenvalue weighted by atomic mass is 32.1. The monoisotopic (exact) mass is 214 g/mol. The molecule has 0 saturated carbocycles. The van der Waals surface area contributed by atoms with E-state index < -0.39 is 6.09 Å². The van der Waals surface area contributed by atoms with Crippen LogP contribution in [-0.2, 0) is 0 Å². The SMILES string of the molecule is O=C(O)N1CCC2(CCNC2=S)CC1. The van der Waals surface area contributed by atoms with Crippen LogP contribution >= 0.6 is 12.2 Å². The third-order valence-electron chi connectivity index (χ3n) is 3.36. The molecule has 78 valence electrons. The normalized spacial score (nSPS) is 25.1. The molecule has 1 amide bonds. The van der Waals surface area contributed by atoms with E-state index in [0.29, 0.717) is 13.1 Å². The van der Waals surface area contributed by atoms with Crippen molar-refractivity contribution in [2.75, 3.05) is 19.6 Å². The van der Waals surface area contributed by atoms with Crippen LogP contribution in [0.2, 0.25) is 0 Å². The van der Waals surface area contributed by atoms with E-state index in [1.54, 1.807) is 0 Å². The van der Waals surface area contributed by atoms with Gasteiger partial charge in [-0.15, -0.1) is 0 Å². The summed E-state index contributed by atoms with van der Waals surface area (Å²) in [4.78, 5) is 13.1. The highest BCUT2D eigenvalue weighted by Gasteiger charge is 2.42. The molecule has 0 aromatic carbocycles. The number of carbonyl (C=O) groups is 1. The molecular formula is C9H14N2O2S. The van der Waals surface area contributed by atoms with E-state index in [-0.39, 0.29) is 5.41 Å². The minimum absolute atomic E-state index is 0.112. The zero-order valence-electron chi connectivity index (χ0n) is 7.95. The molecule has 0 bridgehead atoms. The number of rotatable bonds is 0. The molecule has 2 aliphatic heterocycles. The Labute approximate surface area is 88.3 Å². The molecule has 0 radical (unpaired) electrons. The lowest BCUT2D eigenvalue weighted by molar-refractivity contribution is 0.114. The lowest BCUT2D eigenvalue weighted by Crippen LogP contribution is -2.45. The summed E-state index contributed by atoms with van der Waals surface area (Å²) in [5, 5.41) is 12.0. The van der Waals surface area contributed by atoms with Gasteiger partial charge in [0, 0.05) is 25.0 Å². The maximum Gasteiger partial charge on any atom is 0.407 e. The van der Waals surface area contributed by atoms with E-state index in [1.807, 2.05) is 0 Å². The molecule has 1 spiro atoms. The Morgan fingerprint density at radius 3 is 2.50 bits per heavy atom. The van der Waals surface area contributed by atoms with Crippen LogP contribution in [0.25, 0.3) is 0 Å². The van der Waals surface area contributed by atoms with Crippen molar-refractivity contribution in [2.24, 2.45) is 5.41 Å². The van der Waals surface area contributed by atoms with Crippen LogP contribution in [0.3, 0.4) is 0 Å². The molecule has 0 aromatic rings. The van der Waals surface area contributed by atoms with Crippen molar-refractivity contribution in [2.45, 2.75) is 19.3 Å². The van der Waals surface area contributed by atoms with Crippen molar-refractivity contribution in [3.8, 4) is 0 Å². The fourth-order valence-electron chi connectivity index (χ4n) is 2.32. The van der Waals surface area contributed by atoms with E-state index in [2.05, 4.69) is 5.32 Å². The average Bonchev–Trinajstić information content (AvgIpc) is 2.49. The van der Waals surface area contributed by atoms with Crippen LogP contribution in [0.1, 0.15) is 19.3 Å². The molecule has 2 heterocycles. The van der Waals surface area contributed by atoms with Gasteiger partial charge >= 0.3 is 6.09 Å². The van der Waals surface area contributed by atoms with Gasteiger partial charge in [0.2, 0.25) is 0 Å². The van der Waals surface area contributed by atoms with Crippen molar-refractivity contribution in [3.05, 3.63) is 0 Å². The number of carboxylic acid groups (broad SMARTS) is 1. The third-order valence-corrected chi connectivity index (χ3v) is 3.94. The van der Waals surface area contributed by atoms with Gasteiger partial charge in [-0.1, -0.05) is 12.2 Å². The number of likely N-dealkylation sites (tertiary alicyclic amines) is 1. The van der Waals surface area contributed by atoms with E-state index in [1.165, 1.54) is 4.90 Å². The molecule has 0 aliphatic carbocycles. The lowest BCUT2D eigenvalue weighted by atomic mass is 9.78. The Bertz CT molecular complexity index is 272. The van der Waals surface area contributed by atoms with E-state index in [9.17, 15) is 4.79 Å². The molecule has 14 heavy (non-hydrogen) atoms. The van der Waals surface area contributed by atoms with Gasteiger partial charge in [-0.3, -0.25) is 0 Å². The highest BCUT2D eigenvalue weighted by Crippen LogP contribution is 2.38. The molecule has 4 nitrogen and oxygen atoms in total. The van der Waals surface area contributed by atoms with Gasteiger partial charge in [0.15, 0.2) is 0 Å². The second-order valence-corrected chi connectivity index (χ2v) is 4.46. The molecule has 0 atom stereocenters. The molecule has 5 heteroatoms. The van der Waals surface area contributed by atoms with E-state index in [4.69, 9.17) is 17.3 Å². The number of nitrogens with zero attached hydrogens (tertiary/aromatic N) is 1. The number of amides is 1. The standard InChI is InChI=1S/C9H14N2O2S/c12-8(13)11-5-2-9(3-6-11)1-4-10-7(9)14/h1-6H2,(H,10,14)(H,12,13). The molecule has 2 N–H and O–H groups in total. The van der Waals surface area contributed by atoms with Gasteiger partial charge in [0.05, 0.1) is 4.99 Å². The van der Waals surface area contributed by atoms with Gasteiger partial charge in [-0.2, -0.15) is 0 Å². The minimum Gasteiger partial charge on any atom is -0.465 e. The molecular weight excluding hydrogens is 200 g/mol. The number of thiocarbonyl (C=S) groups is 1. The predicted octanol–water partition coefficient (Wildman–Crippen LogP) is 1.07. The summed E-state index contributed by atoms with van der Waals surface area (Å²) in [7, 11) is 0. The largest absolute Gasteiger partial charge is 0.465 e. The van der Waals surface area contributed by atoms with Crippen molar-refractivity contribution >= 4 is 23.3 Å². The topological polar surface area (TPSA) is 52.6 Å². The second kappa shape index (κ2) is 3.38. The van der Waals surface area contributed by atoms with Crippen LogP contribution < -0.4 is 5.32 Å². The van der Waals surface area contributed by atoms with Crippen LogP contribution in [0, 0.1) is 5.41 Å². The molecule has 0 aromatic heterocycles. The summed E-state index contributed by atoms with van der Waals surface area (Å²) in [6.45, 7) is 2.19. The predicted molar refractivity (Wildman–Crippen MR) is 56.5 cm³/mol. The van der Waals surface area contributed by atoms with Crippen molar-refractivity contribution in [1.29, 1.82) is 0 Å². The van der Waals surface area contributed by atoms with E-state index >= 15 is 0 Å². The summed E-state index contributed by atoms with van der Waals surface area (Å²) < 4.78 is 0. The van der Waals surface area contributed by atoms with Gasteiger partial charge in [0.25, 0.3) is 0 Å². The molecule has 2 aliphatic rings. The number of hydrogen-bond donors (Lipinski definition) is 2. The molecule has 2 rings (SSSR count). The van der Waals surface area contributed by atoms with E-state index in [0.717, 1.165) is 30.8 Å². The summed E-state index contributed by atoms with van der Waals surface area (Å²) in [5.41, 5.74) is 0.112. The Morgan fingerprint density at radius 1 is 1.43 bits per heavy atom.